The minimum atomic E-state index is -1.04. The van der Waals surface area contributed by atoms with Crippen LogP contribution in [0.4, 0.5) is 0 Å². The lowest BCUT2D eigenvalue weighted by atomic mass is 10.1. The maximum atomic E-state index is 12.2. The number of carboxylic acid groups (broad SMARTS) is 1. The Hall–Kier alpha value is -1.11. The molecule has 21 heavy (non-hydrogen) atoms. The molecule has 0 radical (unpaired) electrons. The van der Waals surface area contributed by atoms with Crippen molar-refractivity contribution in [3.05, 3.63) is 33.3 Å². The molecule has 1 aliphatic heterocycles. The number of carbonyl (C=O) groups is 2. The van der Waals surface area contributed by atoms with Gasteiger partial charge in [0.15, 0.2) is 6.10 Å². The molecule has 7 heteroatoms. The molecule has 114 valence electrons. The third-order valence-electron chi connectivity index (χ3n) is 3.31. The van der Waals surface area contributed by atoms with Gasteiger partial charge in [0, 0.05) is 22.5 Å². The topological polar surface area (TPSA) is 66.8 Å². The molecule has 0 bridgehead atoms. The van der Waals surface area contributed by atoms with Crippen molar-refractivity contribution in [3.63, 3.8) is 0 Å². The first kappa shape index (κ1) is 16.3. The summed E-state index contributed by atoms with van der Waals surface area (Å²) in [5, 5.41) is 9.55. The molecule has 0 aromatic heterocycles. The number of rotatable bonds is 4. The van der Waals surface area contributed by atoms with Crippen LogP contribution in [0.25, 0.3) is 0 Å². The van der Waals surface area contributed by atoms with E-state index < -0.39 is 12.1 Å². The zero-order valence-corrected chi connectivity index (χ0v) is 13.6. The number of hydrogen-bond donors (Lipinski definition) is 1. The largest absolute Gasteiger partial charge is 0.479 e. The Morgan fingerprint density at radius 2 is 2.24 bits per heavy atom. The van der Waals surface area contributed by atoms with Crippen LogP contribution in [0, 0.1) is 0 Å². The van der Waals surface area contributed by atoms with Crippen LogP contribution in [0.15, 0.2) is 22.7 Å². The van der Waals surface area contributed by atoms with E-state index in [2.05, 4.69) is 15.9 Å². The van der Waals surface area contributed by atoms with Crippen LogP contribution < -0.4 is 0 Å². The fourth-order valence-electron chi connectivity index (χ4n) is 2.16. The van der Waals surface area contributed by atoms with E-state index >= 15 is 0 Å². The fraction of sp³-hybridized carbons (Fsp3) is 0.429. The van der Waals surface area contributed by atoms with Gasteiger partial charge in [-0.15, -0.1) is 0 Å². The van der Waals surface area contributed by atoms with Crippen molar-refractivity contribution in [1.82, 2.24) is 4.90 Å². The van der Waals surface area contributed by atoms with Crippen molar-refractivity contribution in [2.45, 2.75) is 18.9 Å². The van der Waals surface area contributed by atoms with Crippen LogP contribution in [0.5, 0.6) is 0 Å². The number of benzene rings is 1. The lowest BCUT2D eigenvalue weighted by molar-refractivity contribution is -0.159. The molecule has 0 saturated carbocycles. The number of carbonyl (C=O) groups excluding carboxylic acids is 1. The van der Waals surface area contributed by atoms with Gasteiger partial charge in [-0.1, -0.05) is 27.5 Å². The highest BCUT2D eigenvalue weighted by Gasteiger charge is 2.28. The summed E-state index contributed by atoms with van der Waals surface area (Å²) in [6, 6.07) is 5.44. The minimum absolute atomic E-state index is 0.0728. The smallest absolute Gasteiger partial charge is 0.334 e. The summed E-state index contributed by atoms with van der Waals surface area (Å²) in [5.41, 5.74) is 0.957. The van der Waals surface area contributed by atoms with E-state index in [0.29, 0.717) is 24.4 Å². The minimum Gasteiger partial charge on any atom is -0.479 e. The molecule has 0 aliphatic carbocycles. The van der Waals surface area contributed by atoms with Gasteiger partial charge in [0.25, 0.3) is 0 Å². The predicted molar refractivity (Wildman–Crippen MR) is 81.4 cm³/mol. The molecular formula is C14H15BrClNO4. The Kier molecular flexibility index (Phi) is 5.61. The first-order chi connectivity index (χ1) is 9.97. The van der Waals surface area contributed by atoms with Gasteiger partial charge in [-0.3, -0.25) is 4.79 Å². The lowest BCUT2D eigenvalue weighted by Crippen LogP contribution is -2.48. The van der Waals surface area contributed by atoms with E-state index in [1.165, 1.54) is 0 Å². The maximum absolute atomic E-state index is 12.2. The highest BCUT2D eigenvalue weighted by atomic mass is 79.9. The number of ether oxygens (including phenoxy) is 1. The maximum Gasteiger partial charge on any atom is 0.334 e. The Morgan fingerprint density at radius 1 is 1.48 bits per heavy atom. The molecule has 2 rings (SSSR count). The molecule has 1 aromatic rings. The van der Waals surface area contributed by atoms with Crippen LogP contribution in [-0.2, 0) is 20.7 Å². The number of amides is 1. The Labute approximate surface area is 136 Å². The molecule has 1 N–H and O–H groups in total. The number of carboxylic acids is 1. The van der Waals surface area contributed by atoms with Crippen molar-refractivity contribution in [2.75, 3.05) is 19.7 Å². The second-order valence-corrected chi connectivity index (χ2v) is 6.06. The van der Waals surface area contributed by atoms with Crippen molar-refractivity contribution in [2.24, 2.45) is 0 Å². The monoisotopic (exact) mass is 375 g/mol. The van der Waals surface area contributed by atoms with Crippen LogP contribution in [0.2, 0.25) is 5.02 Å². The Balaban J connectivity index is 1.92. The number of nitrogens with zero attached hydrogens (tertiary/aromatic N) is 1. The lowest BCUT2D eigenvalue weighted by Gasteiger charge is -2.31. The van der Waals surface area contributed by atoms with Crippen LogP contribution in [0.1, 0.15) is 12.0 Å². The van der Waals surface area contributed by atoms with Gasteiger partial charge >= 0.3 is 5.97 Å². The summed E-state index contributed by atoms with van der Waals surface area (Å²) >= 11 is 9.36. The quantitative estimate of drug-likeness (QED) is 0.876. The standard InChI is InChI=1S/C14H15BrClNO4/c15-11-3-2-10(16)7-9(11)1-4-13(18)17-5-6-21-12(8-17)14(19)20/h2-3,7,12H,1,4-6,8H2,(H,19,20)/t12-/m0/s1. The van der Waals surface area contributed by atoms with Gasteiger partial charge in [0.1, 0.15) is 0 Å². The van der Waals surface area contributed by atoms with Crippen LogP contribution in [0.3, 0.4) is 0 Å². The molecule has 1 heterocycles. The summed E-state index contributed by atoms with van der Waals surface area (Å²) in [5.74, 6) is -1.11. The van der Waals surface area contributed by atoms with Gasteiger partial charge < -0.3 is 14.7 Å². The van der Waals surface area contributed by atoms with Crippen LogP contribution in [-0.4, -0.2) is 47.7 Å². The van der Waals surface area contributed by atoms with E-state index in [1.54, 1.807) is 11.0 Å². The molecular weight excluding hydrogens is 362 g/mol. The number of aryl methyl sites for hydroxylation is 1. The van der Waals surface area contributed by atoms with Gasteiger partial charge in [0.2, 0.25) is 5.91 Å². The Morgan fingerprint density at radius 3 is 2.95 bits per heavy atom. The van der Waals surface area contributed by atoms with Crippen LogP contribution >= 0.6 is 27.5 Å². The molecule has 1 aliphatic rings. The van der Waals surface area contributed by atoms with E-state index in [4.69, 9.17) is 21.4 Å². The molecule has 1 atom stereocenters. The van der Waals surface area contributed by atoms with E-state index in [9.17, 15) is 9.59 Å². The molecule has 1 amide bonds. The number of hydrogen-bond acceptors (Lipinski definition) is 3. The number of morpholine rings is 1. The van der Waals surface area contributed by atoms with Gasteiger partial charge in [-0.25, -0.2) is 4.79 Å². The van der Waals surface area contributed by atoms with Gasteiger partial charge in [0.05, 0.1) is 13.2 Å². The van der Waals surface area contributed by atoms with E-state index in [-0.39, 0.29) is 19.1 Å². The molecule has 0 unspecified atom stereocenters. The van der Waals surface area contributed by atoms with E-state index in [1.807, 2.05) is 12.1 Å². The molecule has 1 fully saturated rings. The average molecular weight is 377 g/mol. The molecule has 1 aromatic carbocycles. The summed E-state index contributed by atoms with van der Waals surface area (Å²) in [6.45, 7) is 0.785. The predicted octanol–water partition coefficient (Wildman–Crippen LogP) is 2.35. The second kappa shape index (κ2) is 7.24. The normalized spacial score (nSPS) is 18.6. The van der Waals surface area contributed by atoms with Gasteiger partial charge in [-0.2, -0.15) is 0 Å². The van der Waals surface area contributed by atoms with Crippen molar-refractivity contribution < 1.29 is 19.4 Å². The van der Waals surface area contributed by atoms with E-state index in [0.717, 1.165) is 10.0 Å². The fourth-order valence-corrected chi connectivity index (χ4v) is 2.80. The van der Waals surface area contributed by atoms with Gasteiger partial charge in [-0.05, 0) is 30.2 Å². The molecule has 1 saturated heterocycles. The SMILES string of the molecule is O=C(O)[C@@H]1CN(C(=O)CCc2cc(Cl)ccc2Br)CCO1. The number of aliphatic carboxylic acids is 1. The van der Waals surface area contributed by atoms with Crippen molar-refractivity contribution >= 4 is 39.4 Å². The third kappa shape index (κ3) is 4.43. The average Bonchev–Trinajstić information content (AvgIpc) is 2.48. The summed E-state index contributed by atoms with van der Waals surface area (Å²) in [7, 11) is 0. The Bertz CT molecular complexity index is 552. The third-order valence-corrected chi connectivity index (χ3v) is 4.32. The highest BCUT2D eigenvalue weighted by Crippen LogP contribution is 2.22. The first-order valence-electron chi connectivity index (χ1n) is 6.53. The second-order valence-electron chi connectivity index (χ2n) is 4.77. The zero-order valence-electron chi connectivity index (χ0n) is 11.2. The highest BCUT2D eigenvalue weighted by molar-refractivity contribution is 9.10. The van der Waals surface area contributed by atoms with Crippen molar-refractivity contribution in [1.29, 1.82) is 0 Å². The van der Waals surface area contributed by atoms with Crippen molar-refractivity contribution in [3.8, 4) is 0 Å². The summed E-state index contributed by atoms with van der Waals surface area (Å²) < 4.78 is 6.01. The number of halogens is 2. The summed E-state index contributed by atoms with van der Waals surface area (Å²) in [6.07, 6.45) is -0.0685. The first-order valence-corrected chi connectivity index (χ1v) is 7.70. The molecule has 0 spiro atoms. The zero-order chi connectivity index (χ0) is 15.4. The summed E-state index contributed by atoms with van der Waals surface area (Å²) in [4.78, 5) is 24.6. The molecule has 5 nitrogen and oxygen atoms in total.